The quantitative estimate of drug-likeness (QED) is 0.172. The van der Waals surface area contributed by atoms with Crippen LogP contribution in [0.4, 0.5) is 11.4 Å². The van der Waals surface area contributed by atoms with E-state index in [0.717, 1.165) is 45.4 Å². The summed E-state index contributed by atoms with van der Waals surface area (Å²) in [6, 6.07) is 62.8. The zero-order valence-corrected chi connectivity index (χ0v) is 27.6. The summed E-state index contributed by atoms with van der Waals surface area (Å²) in [5.74, 6) is 0.257. The largest absolute Gasteiger partial charge is 0.456 e. The summed E-state index contributed by atoms with van der Waals surface area (Å²) in [5, 5.41) is 2.33. The van der Waals surface area contributed by atoms with E-state index < -0.39 is 0 Å². The Morgan fingerprint density at radius 2 is 1.08 bits per heavy atom. The fourth-order valence-electron chi connectivity index (χ4n) is 7.25. The maximum absolute atomic E-state index is 6.25. The molecule has 0 fully saturated rings. The Kier molecular flexibility index (Phi) is 7.68. The average Bonchev–Trinajstić information content (AvgIpc) is 3.58. The van der Waals surface area contributed by atoms with Crippen LogP contribution in [0.2, 0.25) is 0 Å². The van der Waals surface area contributed by atoms with Crippen LogP contribution < -0.4 is 4.90 Å². The third kappa shape index (κ3) is 5.61. The summed E-state index contributed by atoms with van der Waals surface area (Å²) < 4.78 is 6.25. The van der Waals surface area contributed by atoms with Gasteiger partial charge in [-0.1, -0.05) is 152 Å². The normalized spacial score (nSPS) is 14.2. The molecule has 50 heavy (non-hydrogen) atoms. The van der Waals surface area contributed by atoms with Gasteiger partial charge in [0.1, 0.15) is 11.2 Å². The smallest absolute Gasteiger partial charge is 0.135 e. The van der Waals surface area contributed by atoms with Crippen LogP contribution in [0.15, 0.2) is 204 Å². The molecule has 0 bridgehead atoms. The van der Waals surface area contributed by atoms with E-state index in [9.17, 15) is 0 Å². The molecule has 1 aliphatic rings. The molecule has 2 nitrogen and oxygen atoms in total. The molecule has 0 amide bonds. The van der Waals surface area contributed by atoms with Crippen LogP contribution in [-0.2, 0) is 0 Å². The number of rotatable bonds is 7. The lowest BCUT2D eigenvalue weighted by atomic mass is 9.90. The van der Waals surface area contributed by atoms with Crippen LogP contribution in [0.1, 0.15) is 17.9 Å². The molecule has 1 aromatic heterocycles. The Hall–Kier alpha value is -6.38. The van der Waals surface area contributed by atoms with Gasteiger partial charge in [-0.2, -0.15) is 0 Å². The maximum Gasteiger partial charge on any atom is 0.135 e. The third-order valence-corrected chi connectivity index (χ3v) is 9.83. The zero-order valence-electron chi connectivity index (χ0n) is 27.6. The van der Waals surface area contributed by atoms with Crippen LogP contribution >= 0.6 is 0 Å². The number of hydrogen-bond acceptors (Lipinski definition) is 2. The van der Waals surface area contributed by atoms with Crippen molar-refractivity contribution in [1.82, 2.24) is 0 Å². The molecule has 9 rings (SSSR count). The molecule has 1 heterocycles. The molecule has 238 valence electrons. The van der Waals surface area contributed by atoms with E-state index in [0.29, 0.717) is 0 Å². The lowest BCUT2D eigenvalue weighted by molar-refractivity contribution is 0.667. The molecule has 1 atom stereocenters. The van der Waals surface area contributed by atoms with E-state index in [1.54, 1.807) is 0 Å². The molecule has 1 unspecified atom stereocenters. The number of allylic oxidation sites excluding steroid dienone is 3. The highest BCUT2D eigenvalue weighted by molar-refractivity contribution is 6.05. The van der Waals surface area contributed by atoms with E-state index in [1.165, 1.54) is 38.9 Å². The first-order valence-electron chi connectivity index (χ1n) is 17.3. The van der Waals surface area contributed by atoms with Gasteiger partial charge in [0, 0.05) is 33.6 Å². The predicted molar refractivity (Wildman–Crippen MR) is 210 cm³/mol. The van der Waals surface area contributed by atoms with Gasteiger partial charge in [0.05, 0.1) is 5.69 Å². The minimum atomic E-state index is 0.257. The molecule has 1 aliphatic carbocycles. The highest BCUT2D eigenvalue weighted by atomic mass is 16.3. The highest BCUT2D eigenvalue weighted by Gasteiger charge is 2.22. The summed E-state index contributed by atoms with van der Waals surface area (Å²) in [4.78, 5) is 2.42. The molecular formula is C48H35NO. The first-order valence-corrected chi connectivity index (χ1v) is 17.3. The van der Waals surface area contributed by atoms with Gasteiger partial charge in [-0.3, -0.25) is 0 Å². The van der Waals surface area contributed by atoms with E-state index >= 15 is 0 Å². The lowest BCUT2D eigenvalue weighted by Gasteiger charge is -2.31. The van der Waals surface area contributed by atoms with Crippen LogP contribution in [0.5, 0.6) is 0 Å². The van der Waals surface area contributed by atoms with Crippen LogP contribution in [-0.4, -0.2) is 0 Å². The van der Waals surface area contributed by atoms with E-state index in [1.807, 2.05) is 12.1 Å². The van der Waals surface area contributed by atoms with Crippen molar-refractivity contribution >= 4 is 33.3 Å². The number of para-hydroxylation sites is 1. The first-order chi connectivity index (χ1) is 24.8. The Morgan fingerprint density at radius 3 is 1.78 bits per heavy atom. The topological polar surface area (TPSA) is 16.4 Å². The number of benzene rings is 7. The van der Waals surface area contributed by atoms with Crippen molar-refractivity contribution in [3.05, 3.63) is 205 Å². The van der Waals surface area contributed by atoms with E-state index in [4.69, 9.17) is 4.42 Å². The van der Waals surface area contributed by atoms with Crippen molar-refractivity contribution in [3.63, 3.8) is 0 Å². The molecule has 0 saturated heterocycles. The van der Waals surface area contributed by atoms with Crippen molar-refractivity contribution < 1.29 is 4.42 Å². The van der Waals surface area contributed by atoms with Crippen LogP contribution in [0.3, 0.4) is 0 Å². The molecule has 0 aliphatic heterocycles. The fourth-order valence-corrected chi connectivity index (χ4v) is 7.25. The van der Waals surface area contributed by atoms with E-state index in [-0.39, 0.29) is 5.92 Å². The molecule has 2 heteroatoms. The Morgan fingerprint density at radius 1 is 0.480 bits per heavy atom. The SMILES string of the molecule is C1=CC(c2ccc3c(c2)oc2ccccc23)CC=C1N(c1ccc(-c2ccccc2)cc1)c1ccc(-c2ccccc2)cc1-c1ccccc1. The van der Waals surface area contributed by atoms with Gasteiger partial charge in [-0.05, 0) is 82.3 Å². The number of furan rings is 1. The highest BCUT2D eigenvalue weighted by Crippen LogP contribution is 2.43. The zero-order chi connectivity index (χ0) is 33.3. The second kappa shape index (κ2) is 12.9. The number of fused-ring (bicyclic) bond motifs is 3. The molecule has 0 radical (unpaired) electrons. The van der Waals surface area contributed by atoms with E-state index in [2.05, 4.69) is 187 Å². The lowest BCUT2D eigenvalue weighted by Crippen LogP contribution is -2.18. The second-order valence-electron chi connectivity index (χ2n) is 12.9. The Labute approximate surface area is 292 Å². The monoisotopic (exact) mass is 641 g/mol. The van der Waals surface area contributed by atoms with Gasteiger partial charge in [0.25, 0.3) is 0 Å². The van der Waals surface area contributed by atoms with Crippen LogP contribution in [0.25, 0.3) is 55.3 Å². The third-order valence-electron chi connectivity index (χ3n) is 9.83. The summed E-state index contributed by atoms with van der Waals surface area (Å²) in [7, 11) is 0. The molecular weight excluding hydrogens is 607 g/mol. The fraction of sp³-hybridized carbons (Fsp3) is 0.0417. The summed E-state index contributed by atoms with van der Waals surface area (Å²) in [5.41, 5.74) is 13.7. The van der Waals surface area contributed by atoms with Crippen molar-refractivity contribution in [2.24, 2.45) is 0 Å². The number of nitrogens with zero attached hydrogens (tertiary/aromatic N) is 1. The van der Waals surface area contributed by atoms with Gasteiger partial charge >= 0.3 is 0 Å². The number of hydrogen-bond donors (Lipinski definition) is 0. The van der Waals surface area contributed by atoms with Crippen LogP contribution in [0, 0.1) is 0 Å². The molecule has 0 saturated carbocycles. The van der Waals surface area contributed by atoms with Gasteiger partial charge in [0.2, 0.25) is 0 Å². The van der Waals surface area contributed by atoms with Crippen molar-refractivity contribution in [1.29, 1.82) is 0 Å². The first kappa shape index (κ1) is 29.7. The molecule has 7 aromatic carbocycles. The predicted octanol–water partition coefficient (Wildman–Crippen LogP) is 13.4. The Balaban J connectivity index is 1.13. The van der Waals surface area contributed by atoms with Crippen molar-refractivity contribution in [2.45, 2.75) is 12.3 Å². The molecule has 0 spiro atoms. The minimum Gasteiger partial charge on any atom is -0.456 e. The average molecular weight is 642 g/mol. The van der Waals surface area contributed by atoms with Gasteiger partial charge in [-0.15, -0.1) is 0 Å². The molecule has 8 aromatic rings. The summed E-state index contributed by atoms with van der Waals surface area (Å²) in [6.07, 6.45) is 7.92. The van der Waals surface area contributed by atoms with Gasteiger partial charge in [-0.25, -0.2) is 0 Å². The summed E-state index contributed by atoms with van der Waals surface area (Å²) >= 11 is 0. The number of anilines is 2. The Bertz CT molecular complexity index is 2490. The van der Waals surface area contributed by atoms with Gasteiger partial charge < -0.3 is 9.32 Å². The molecule has 0 N–H and O–H groups in total. The van der Waals surface area contributed by atoms with Crippen molar-refractivity contribution in [3.8, 4) is 33.4 Å². The maximum atomic E-state index is 6.25. The van der Waals surface area contributed by atoms with Crippen molar-refractivity contribution in [2.75, 3.05) is 4.90 Å². The van der Waals surface area contributed by atoms with Gasteiger partial charge in [0.15, 0.2) is 0 Å². The summed E-state index contributed by atoms with van der Waals surface area (Å²) in [6.45, 7) is 0. The second-order valence-corrected chi connectivity index (χ2v) is 12.9. The standard InChI is InChI=1S/C48H35NO/c1-4-12-34(13-5-1)36-20-26-41(27-21-36)49(46-31-25-39(35-14-6-2-7-15-35)32-45(46)38-16-8-3-9-17-38)42-28-22-37(23-29-42)40-24-30-44-43-18-10-11-19-47(43)50-48(44)33-40/h1-22,24-33,37H,23H2. The minimum absolute atomic E-state index is 0.257.